The Morgan fingerprint density at radius 1 is 1.41 bits per heavy atom. The summed E-state index contributed by atoms with van der Waals surface area (Å²) in [5, 5.41) is 3.21. The molecule has 1 aromatic rings. The van der Waals surface area contributed by atoms with Crippen LogP contribution < -0.4 is 5.32 Å². The maximum absolute atomic E-state index is 12.4. The Hall–Kier alpha value is -0.620. The van der Waals surface area contributed by atoms with Crippen molar-refractivity contribution in [2.24, 2.45) is 0 Å². The Balaban J connectivity index is 0.00000176. The highest BCUT2D eigenvalue weighted by atomic mass is 79.9. The van der Waals surface area contributed by atoms with Gasteiger partial charge in [0, 0.05) is 36.6 Å². The number of nitrogens with one attached hydrogen (secondary N) is 1. The molecule has 1 aromatic carbocycles. The van der Waals surface area contributed by atoms with Gasteiger partial charge in [0.2, 0.25) is 0 Å². The molecule has 2 fully saturated rings. The third kappa shape index (κ3) is 3.82. The summed E-state index contributed by atoms with van der Waals surface area (Å²) in [4.78, 5) is 14.3. The molecule has 0 aromatic heterocycles. The molecule has 0 bridgehead atoms. The number of halogens is 2. The number of amides is 1. The van der Waals surface area contributed by atoms with Crippen molar-refractivity contribution in [1.29, 1.82) is 0 Å². The van der Waals surface area contributed by atoms with Crippen molar-refractivity contribution >= 4 is 34.2 Å². The zero-order valence-electron chi connectivity index (χ0n) is 12.7. The largest absolute Gasteiger partial charge is 0.366 e. The summed E-state index contributed by atoms with van der Waals surface area (Å²) >= 11 is 3.47. The fourth-order valence-electron chi connectivity index (χ4n) is 2.99. The summed E-state index contributed by atoms with van der Waals surface area (Å²) in [6.07, 6.45) is 1.97. The van der Waals surface area contributed by atoms with E-state index in [9.17, 15) is 4.79 Å². The minimum Gasteiger partial charge on any atom is -0.366 e. The standard InChI is InChI=1S/C16H21BrN2O2.ClH/c1-19(15(20)14-10-18-8-9-21-14)11-16(6-7-16)12-2-4-13(17)5-3-12;/h2-5,14,18H,6-11H2,1H3;1H. The lowest BCUT2D eigenvalue weighted by Crippen LogP contribution is -2.49. The molecular formula is C16H22BrClN2O2. The first-order chi connectivity index (χ1) is 10.1. The van der Waals surface area contributed by atoms with Gasteiger partial charge in [0.05, 0.1) is 6.61 Å². The fraction of sp³-hybridized carbons (Fsp3) is 0.562. The van der Waals surface area contributed by atoms with Crippen molar-refractivity contribution in [1.82, 2.24) is 10.2 Å². The Bertz CT molecular complexity index is 513. The lowest BCUT2D eigenvalue weighted by Gasteiger charge is -2.30. The lowest BCUT2D eigenvalue weighted by molar-refractivity contribution is -0.144. The predicted octanol–water partition coefficient (Wildman–Crippen LogP) is 2.35. The van der Waals surface area contributed by atoms with Crippen LogP contribution in [0.1, 0.15) is 18.4 Å². The number of nitrogens with zero attached hydrogens (tertiary/aromatic N) is 1. The minimum atomic E-state index is -0.329. The van der Waals surface area contributed by atoms with Gasteiger partial charge in [-0.1, -0.05) is 28.1 Å². The first-order valence-electron chi connectivity index (χ1n) is 7.44. The molecule has 2 aliphatic rings. The molecule has 1 heterocycles. The van der Waals surface area contributed by atoms with Crippen molar-refractivity contribution in [3.05, 3.63) is 34.3 Å². The summed E-state index contributed by atoms with van der Waals surface area (Å²) in [6, 6.07) is 8.47. The van der Waals surface area contributed by atoms with E-state index in [0.29, 0.717) is 13.2 Å². The van der Waals surface area contributed by atoms with E-state index in [4.69, 9.17) is 4.74 Å². The van der Waals surface area contributed by atoms with Crippen LogP contribution in [0.3, 0.4) is 0 Å². The molecule has 1 N–H and O–H groups in total. The number of likely N-dealkylation sites (N-methyl/N-ethyl adjacent to an activating group) is 1. The maximum atomic E-state index is 12.4. The van der Waals surface area contributed by atoms with Gasteiger partial charge in [-0.25, -0.2) is 0 Å². The van der Waals surface area contributed by atoms with E-state index in [2.05, 4.69) is 45.5 Å². The summed E-state index contributed by atoms with van der Waals surface area (Å²) in [7, 11) is 1.89. The third-order valence-electron chi connectivity index (χ3n) is 4.43. The molecule has 4 nitrogen and oxygen atoms in total. The second-order valence-electron chi connectivity index (χ2n) is 6.05. The smallest absolute Gasteiger partial charge is 0.252 e. The molecule has 6 heteroatoms. The summed E-state index contributed by atoms with van der Waals surface area (Å²) in [6.45, 7) is 2.83. The Kier molecular flexibility index (Phi) is 5.88. The molecule has 1 saturated carbocycles. The Morgan fingerprint density at radius 3 is 2.64 bits per heavy atom. The maximum Gasteiger partial charge on any atom is 0.252 e. The number of morpholine rings is 1. The van der Waals surface area contributed by atoms with Gasteiger partial charge in [0.15, 0.2) is 0 Å². The van der Waals surface area contributed by atoms with Gasteiger partial charge in [-0.05, 0) is 30.5 Å². The number of benzene rings is 1. The zero-order valence-corrected chi connectivity index (χ0v) is 15.1. The van der Waals surface area contributed by atoms with Crippen LogP contribution in [0.5, 0.6) is 0 Å². The van der Waals surface area contributed by atoms with E-state index in [1.807, 2.05) is 11.9 Å². The molecular weight excluding hydrogens is 368 g/mol. The number of ether oxygens (including phenoxy) is 1. The SMILES string of the molecule is CN(CC1(c2ccc(Br)cc2)CC1)C(=O)C1CNCCO1.Cl. The number of hydrogen-bond acceptors (Lipinski definition) is 3. The van der Waals surface area contributed by atoms with Crippen molar-refractivity contribution in [3.8, 4) is 0 Å². The number of hydrogen-bond donors (Lipinski definition) is 1. The van der Waals surface area contributed by atoms with E-state index in [1.54, 1.807) is 0 Å². The average Bonchev–Trinajstić information content (AvgIpc) is 3.28. The summed E-state index contributed by atoms with van der Waals surface area (Å²) in [5.41, 5.74) is 1.47. The Labute approximate surface area is 146 Å². The highest BCUT2D eigenvalue weighted by Gasteiger charge is 2.46. The minimum absolute atomic E-state index is 0. The van der Waals surface area contributed by atoms with Crippen LogP contribution in [0.15, 0.2) is 28.7 Å². The van der Waals surface area contributed by atoms with Crippen molar-refractivity contribution in [2.45, 2.75) is 24.4 Å². The first kappa shape index (κ1) is 17.7. The fourth-order valence-corrected chi connectivity index (χ4v) is 3.26. The second-order valence-corrected chi connectivity index (χ2v) is 6.96. The number of carbonyl (C=O) groups excluding carboxylic acids is 1. The van der Waals surface area contributed by atoms with Gasteiger partial charge in [0.25, 0.3) is 5.91 Å². The summed E-state index contributed by atoms with van der Waals surface area (Å²) < 4.78 is 6.65. The highest BCUT2D eigenvalue weighted by Crippen LogP contribution is 2.48. The van der Waals surface area contributed by atoms with E-state index < -0.39 is 0 Å². The molecule has 1 aliphatic heterocycles. The van der Waals surface area contributed by atoms with Crippen LogP contribution >= 0.6 is 28.3 Å². The van der Waals surface area contributed by atoms with Crippen LogP contribution in [0, 0.1) is 0 Å². The normalized spacial score (nSPS) is 22.5. The highest BCUT2D eigenvalue weighted by molar-refractivity contribution is 9.10. The van der Waals surface area contributed by atoms with Gasteiger partial charge in [-0.2, -0.15) is 0 Å². The van der Waals surface area contributed by atoms with E-state index in [0.717, 1.165) is 30.4 Å². The molecule has 0 radical (unpaired) electrons. The van der Waals surface area contributed by atoms with E-state index in [1.165, 1.54) is 5.56 Å². The van der Waals surface area contributed by atoms with Gasteiger partial charge >= 0.3 is 0 Å². The zero-order chi connectivity index (χ0) is 14.9. The number of rotatable bonds is 4. The van der Waals surface area contributed by atoms with Crippen LogP contribution in [-0.4, -0.2) is 50.2 Å². The predicted molar refractivity (Wildman–Crippen MR) is 92.5 cm³/mol. The van der Waals surface area contributed by atoms with Crippen molar-refractivity contribution in [3.63, 3.8) is 0 Å². The van der Waals surface area contributed by atoms with Crippen molar-refractivity contribution in [2.75, 3.05) is 33.3 Å². The molecule has 22 heavy (non-hydrogen) atoms. The van der Waals surface area contributed by atoms with Crippen LogP contribution in [0.4, 0.5) is 0 Å². The second kappa shape index (κ2) is 7.30. The number of carbonyl (C=O) groups is 1. The van der Waals surface area contributed by atoms with E-state index in [-0.39, 0.29) is 29.8 Å². The van der Waals surface area contributed by atoms with Crippen molar-refractivity contribution < 1.29 is 9.53 Å². The van der Waals surface area contributed by atoms with Gasteiger partial charge < -0.3 is 15.0 Å². The molecule has 1 atom stereocenters. The topological polar surface area (TPSA) is 41.6 Å². The van der Waals surface area contributed by atoms with Crippen LogP contribution in [-0.2, 0) is 14.9 Å². The van der Waals surface area contributed by atoms with Gasteiger partial charge in [-0.3, -0.25) is 4.79 Å². The quantitative estimate of drug-likeness (QED) is 0.859. The van der Waals surface area contributed by atoms with Gasteiger partial charge in [0.1, 0.15) is 6.10 Å². The molecule has 1 unspecified atom stereocenters. The molecule has 3 rings (SSSR count). The Morgan fingerprint density at radius 2 is 2.09 bits per heavy atom. The van der Waals surface area contributed by atoms with E-state index >= 15 is 0 Å². The third-order valence-corrected chi connectivity index (χ3v) is 4.96. The van der Waals surface area contributed by atoms with Gasteiger partial charge in [-0.15, -0.1) is 12.4 Å². The molecule has 1 aliphatic carbocycles. The average molecular weight is 390 g/mol. The first-order valence-corrected chi connectivity index (χ1v) is 8.23. The van der Waals surface area contributed by atoms with Crippen LogP contribution in [0.2, 0.25) is 0 Å². The van der Waals surface area contributed by atoms with Crippen LogP contribution in [0.25, 0.3) is 0 Å². The lowest BCUT2D eigenvalue weighted by atomic mass is 9.95. The summed E-state index contributed by atoms with van der Waals surface area (Å²) in [5.74, 6) is 0.0885. The molecule has 1 saturated heterocycles. The molecule has 0 spiro atoms. The molecule has 122 valence electrons. The monoisotopic (exact) mass is 388 g/mol. The molecule has 1 amide bonds.